The molecular weight excluding hydrogens is 186 g/mol. The van der Waals surface area contributed by atoms with Gasteiger partial charge in [0.05, 0.1) is 11.5 Å². The van der Waals surface area contributed by atoms with E-state index in [1.54, 1.807) is 0 Å². The highest BCUT2D eigenvalue weighted by atomic mass is 32.2. The van der Waals surface area contributed by atoms with Crippen LogP contribution in [0, 0.1) is 0 Å². The summed E-state index contributed by atoms with van der Waals surface area (Å²) in [6.45, 7) is 6.33. The molecule has 1 fully saturated rings. The summed E-state index contributed by atoms with van der Waals surface area (Å²) in [4.78, 5) is 2.16. The molecule has 0 saturated carbocycles. The second kappa shape index (κ2) is 3.24. The van der Waals surface area contributed by atoms with Crippen molar-refractivity contribution in [3.05, 3.63) is 0 Å². The fourth-order valence-corrected chi connectivity index (χ4v) is 3.40. The summed E-state index contributed by atoms with van der Waals surface area (Å²) in [5.41, 5.74) is 0.0600. The van der Waals surface area contributed by atoms with Gasteiger partial charge >= 0.3 is 0 Å². The van der Waals surface area contributed by atoms with Gasteiger partial charge < -0.3 is 0 Å². The van der Waals surface area contributed by atoms with E-state index in [2.05, 4.69) is 25.7 Å². The molecule has 1 saturated heterocycles. The molecule has 1 heterocycles. The van der Waals surface area contributed by atoms with Crippen molar-refractivity contribution in [3.63, 3.8) is 0 Å². The third-order valence-corrected chi connectivity index (χ3v) is 4.56. The van der Waals surface area contributed by atoms with Crippen molar-refractivity contribution >= 4 is 9.84 Å². The first-order valence-electron chi connectivity index (χ1n) is 4.66. The van der Waals surface area contributed by atoms with Crippen molar-refractivity contribution in [2.45, 2.75) is 38.8 Å². The molecule has 0 aliphatic carbocycles. The highest BCUT2D eigenvalue weighted by Gasteiger charge is 2.34. The van der Waals surface area contributed by atoms with Gasteiger partial charge in [0, 0.05) is 11.6 Å². The number of hydrogen-bond acceptors (Lipinski definition) is 3. The molecule has 1 atom stereocenters. The molecular formula is C9H19NO2S. The van der Waals surface area contributed by atoms with Gasteiger partial charge in [-0.15, -0.1) is 0 Å². The van der Waals surface area contributed by atoms with Crippen LogP contribution < -0.4 is 0 Å². The number of hydrogen-bond donors (Lipinski definition) is 0. The van der Waals surface area contributed by atoms with Crippen LogP contribution in [0.25, 0.3) is 0 Å². The number of sulfone groups is 1. The minimum absolute atomic E-state index is 0.0600. The van der Waals surface area contributed by atoms with Crippen LogP contribution in [0.5, 0.6) is 0 Å². The van der Waals surface area contributed by atoms with Gasteiger partial charge in [-0.3, -0.25) is 4.90 Å². The van der Waals surface area contributed by atoms with Gasteiger partial charge in [0.1, 0.15) is 0 Å². The summed E-state index contributed by atoms with van der Waals surface area (Å²) in [5, 5.41) is 0. The van der Waals surface area contributed by atoms with Gasteiger partial charge in [0.15, 0.2) is 9.84 Å². The Labute approximate surface area is 81.0 Å². The predicted octanol–water partition coefficient (Wildman–Crippen LogP) is 0.904. The van der Waals surface area contributed by atoms with Crippen molar-refractivity contribution in [2.75, 3.05) is 18.6 Å². The Balaban J connectivity index is 2.67. The third-order valence-electron chi connectivity index (χ3n) is 2.81. The zero-order valence-corrected chi connectivity index (χ0v) is 9.69. The summed E-state index contributed by atoms with van der Waals surface area (Å²) in [6, 6.07) is 0.213. The molecule has 0 aromatic rings. The summed E-state index contributed by atoms with van der Waals surface area (Å²) < 4.78 is 22.5. The smallest absolute Gasteiger partial charge is 0.151 e. The molecule has 13 heavy (non-hydrogen) atoms. The van der Waals surface area contributed by atoms with E-state index in [0.29, 0.717) is 11.5 Å². The third kappa shape index (κ3) is 2.68. The summed E-state index contributed by atoms with van der Waals surface area (Å²) in [6.07, 6.45) is 0.788. The molecule has 1 aliphatic heterocycles. The largest absolute Gasteiger partial charge is 0.298 e. The molecule has 0 radical (unpaired) electrons. The Hall–Kier alpha value is -0.0900. The maximum atomic E-state index is 11.2. The van der Waals surface area contributed by atoms with Crippen LogP contribution in [0.1, 0.15) is 27.2 Å². The van der Waals surface area contributed by atoms with Crippen LogP contribution in [0.2, 0.25) is 0 Å². The van der Waals surface area contributed by atoms with Crippen LogP contribution >= 0.6 is 0 Å². The highest BCUT2D eigenvalue weighted by Crippen LogP contribution is 2.22. The molecule has 3 nitrogen and oxygen atoms in total. The Morgan fingerprint density at radius 2 is 1.85 bits per heavy atom. The molecule has 0 spiro atoms. The van der Waals surface area contributed by atoms with E-state index in [-0.39, 0.29) is 11.6 Å². The Kier molecular flexibility index (Phi) is 2.74. The van der Waals surface area contributed by atoms with Crippen LogP contribution in [0.3, 0.4) is 0 Å². The molecule has 0 unspecified atom stereocenters. The topological polar surface area (TPSA) is 37.4 Å². The van der Waals surface area contributed by atoms with Gasteiger partial charge in [0.2, 0.25) is 0 Å². The van der Waals surface area contributed by atoms with E-state index < -0.39 is 9.84 Å². The lowest BCUT2D eigenvalue weighted by atomic mass is 10.0. The molecule has 4 heteroatoms. The molecule has 0 N–H and O–H groups in total. The van der Waals surface area contributed by atoms with E-state index in [0.717, 1.165) is 6.42 Å². The zero-order valence-electron chi connectivity index (χ0n) is 8.87. The van der Waals surface area contributed by atoms with Crippen molar-refractivity contribution in [1.82, 2.24) is 4.90 Å². The van der Waals surface area contributed by atoms with Crippen LogP contribution in [0.15, 0.2) is 0 Å². The van der Waals surface area contributed by atoms with Crippen LogP contribution in [-0.2, 0) is 9.84 Å². The summed E-state index contributed by atoms with van der Waals surface area (Å²) in [5.74, 6) is 0.693. The molecule has 0 aromatic carbocycles. The monoisotopic (exact) mass is 205 g/mol. The predicted molar refractivity (Wildman–Crippen MR) is 54.6 cm³/mol. The standard InChI is InChI=1S/C9H19NO2S/c1-9(2,3)10(4)8-5-6-13(11,12)7-8/h8H,5-7H2,1-4H3/t8-/m0/s1. The fourth-order valence-electron chi connectivity index (χ4n) is 1.63. The summed E-state index contributed by atoms with van der Waals surface area (Å²) in [7, 11) is -0.737. The van der Waals surface area contributed by atoms with Crippen molar-refractivity contribution in [3.8, 4) is 0 Å². The molecule has 1 aliphatic rings. The van der Waals surface area contributed by atoms with E-state index in [1.165, 1.54) is 0 Å². The lowest BCUT2D eigenvalue weighted by molar-refractivity contribution is 0.129. The van der Waals surface area contributed by atoms with E-state index in [4.69, 9.17) is 0 Å². The first-order chi connectivity index (χ1) is 5.72. The second-order valence-electron chi connectivity index (χ2n) is 4.84. The fraction of sp³-hybridized carbons (Fsp3) is 1.00. The average molecular weight is 205 g/mol. The van der Waals surface area contributed by atoms with Crippen molar-refractivity contribution in [1.29, 1.82) is 0 Å². The average Bonchev–Trinajstić information content (AvgIpc) is 2.26. The maximum Gasteiger partial charge on any atom is 0.151 e. The lowest BCUT2D eigenvalue weighted by Gasteiger charge is -2.36. The zero-order chi connectivity index (χ0) is 10.3. The minimum Gasteiger partial charge on any atom is -0.298 e. The maximum absolute atomic E-state index is 11.2. The van der Waals surface area contributed by atoms with Gasteiger partial charge in [-0.05, 0) is 34.2 Å². The first kappa shape index (κ1) is 11.0. The van der Waals surface area contributed by atoms with Crippen LogP contribution in [0.4, 0.5) is 0 Å². The van der Waals surface area contributed by atoms with Crippen LogP contribution in [-0.4, -0.2) is 43.5 Å². The Morgan fingerprint density at radius 1 is 1.31 bits per heavy atom. The van der Waals surface area contributed by atoms with Gasteiger partial charge in [-0.1, -0.05) is 0 Å². The quantitative estimate of drug-likeness (QED) is 0.638. The first-order valence-corrected chi connectivity index (χ1v) is 6.48. The van der Waals surface area contributed by atoms with E-state index in [1.807, 2.05) is 7.05 Å². The van der Waals surface area contributed by atoms with Crippen molar-refractivity contribution in [2.24, 2.45) is 0 Å². The normalized spacial score (nSPS) is 28.2. The highest BCUT2D eigenvalue weighted by molar-refractivity contribution is 7.91. The SMILES string of the molecule is CN([C@H]1CCS(=O)(=O)C1)C(C)(C)C. The van der Waals surface area contributed by atoms with E-state index in [9.17, 15) is 8.42 Å². The van der Waals surface area contributed by atoms with E-state index >= 15 is 0 Å². The Morgan fingerprint density at radius 3 is 2.15 bits per heavy atom. The molecule has 0 aromatic heterocycles. The second-order valence-corrected chi connectivity index (χ2v) is 7.07. The van der Waals surface area contributed by atoms with Gasteiger partial charge in [-0.2, -0.15) is 0 Å². The number of nitrogens with zero attached hydrogens (tertiary/aromatic N) is 1. The molecule has 78 valence electrons. The molecule has 0 amide bonds. The summed E-state index contributed by atoms with van der Waals surface area (Å²) >= 11 is 0. The Bertz CT molecular complexity index is 276. The lowest BCUT2D eigenvalue weighted by Crippen LogP contribution is -2.45. The van der Waals surface area contributed by atoms with Gasteiger partial charge in [-0.25, -0.2) is 8.42 Å². The molecule has 1 rings (SSSR count). The number of rotatable bonds is 1. The van der Waals surface area contributed by atoms with Gasteiger partial charge in [0.25, 0.3) is 0 Å². The minimum atomic E-state index is -2.74. The molecule has 0 bridgehead atoms. The van der Waals surface area contributed by atoms with Crippen molar-refractivity contribution < 1.29 is 8.42 Å².